The number of nitrogens with zero attached hydrogens (tertiary/aromatic N) is 2. The molecule has 0 aliphatic heterocycles. The van der Waals surface area contributed by atoms with E-state index in [4.69, 9.17) is 21.5 Å². The van der Waals surface area contributed by atoms with E-state index in [2.05, 4.69) is 13.8 Å². The van der Waals surface area contributed by atoms with Gasteiger partial charge in [0, 0.05) is 29.2 Å². The predicted molar refractivity (Wildman–Crippen MR) is 104 cm³/mol. The van der Waals surface area contributed by atoms with Crippen molar-refractivity contribution in [2.45, 2.75) is 33.1 Å². The van der Waals surface area contributed by atoms with Gasteiger partial charge < -0.3 is 11.5 Å². The molecule has 1 saturated carbocycles. The van der Waals surface area contributed by atoms with Crippen LogP contribution in [0.2, 0.25) is 0 Å². The minimum absolute atomic E-state index is 0.149. The molecule has 1 aliphatic carbocycles. The van der Waals surface area contributed by atoms with Crippen molar-refractivity contribution < 1.29 is 0 Å². The Kier molecular flexibility index (Phi) is 4.38. The number of hydrogen-bond acceptors (Lipinski definition) is 4. The van der Waals surface area contributed by atoms with Gasteiger partial charge in [0.05, 0.1) is 11.4 Å². The van der Waals surface area contributed by atoms with Crippen LogP contribution in [0.15, 0.2) is 58.5 Å². The number of anilines is 2. The predicted octanol–water partition coefficient (Wildman–Crippen LogP) is 4.91. The maximum atomic E-state index is 5.86. The fourth-order valence-electron chi connectivity index (χ4n) is 3.24. The van der Waals surface area contributed by atoms with Crippen LogP contribution >= 0.6 is 0 Å². The lowest BCUT2D eigenvalue weighted by atomic mass is 9.75. The maximum Gasteiger partial charge on any atom is 0.0649 e. The van der Waals surface area contributed by atoms with Crippen LogP contribution in [-0.4, -0.2) is 11.4 Å². The Bertz CT molecular complexity index is 737. The van der Waals surface area contributed by atoms with E-state index >= 15 is 0 Å². The quantitative estimate of drug-likeness (QED) is 0.771. The summed E-state index contributed by atoms with van der Waals surface area (Å²) in [7, 11) is 0. The first-order valence-corrected chi connectivity index (χ1v) is 8.24. The molecule has 0 radical (unpaired) electrons. The zero-order valence-corrected chi connectivity index (χ0v) is 14.3. The lowest BCUT2D eigenvalue weighted by molar-refractivity contribution is 0.390. The van der Waals surface area contributed by atoms with Crippen LogP contribution in [0.5, 0.6) is 0 Å². The largest absolute Gasteiger partial charge is 0.399 e. The molecule has 1 fully saturated rings. The lowest BCUT2D eigenvalue weighted by Crippen LogP contribution is -2.29. The Labute approximate surface area is 143 Å². The molecule has 1 aliphatic rings. The van der Waals surface area contributed by atoms with Gasteiger partial charge >= 0.3 is 0 Å². The van der Waals surface area contributed by atoms with E-state index in [9.17, 15) is 0 Å². The lowest BCUT2D eigenvalue weighted by Gasteiger charge is -2.31. The summed E-state index contributed by atoms with van der Waals surface area (Å²) < 4.78 is 0. The molecule has 0 spiro atoms. The van der Waals surface area contributed by atoms with E-state index in [0.29, 0.717) is 0 Å². The summed E-state index contributed by atoms with van der Waals surface area (Å²) in [6.07, 6.45) is 2.74. The van der Waals surface area contributed by atoms with Gasteiger partial charge in [-0.1, -0.05) is 26.0 Å². The zero-order valence-electron chi connectivity index (χ0n) is 14.3. The minimum Gasteiger partial charge on any atom is -0.399 e. The van der Waals surface area contributed by atoms with Crippen molar-refractivity contribution in [3.63, 3.8) is 0 Å². The smallest absolute Gasteiger partial charge is 0.0649 e. The highest BCUT2D eigenvalue weighted by Gasteiger charge is 2.29. The standard InChI is InChI=1S/C20H24N4/c1-20(2)12-18(23-16-7-3-5-14(21)9-16)11-19(13-20)24-17-8-4-6-15(22)10-17/h3-10H,11-13,21-22H2,1-2H3. The Balaban J connectivity index is 1.90. The second-order valence-corrected chi connectivity index (χ2v) is 7.24. The monoisotopic (exact) mass is 320 g/mol. The van der Waals surface area contributed by atoms with Crippen molar-refractivity contribution in [2.24, 2.45) is 15.4 Å². The fourth-order valence-corrected chi connectivity index (χ4v) is 3.24. The van der Waals surface area contributed by atoms with Gasteiger partial charge in [-0.25, -0.2) is 0 Å². The first kappa shape index (κ1) is 16.2. The number of nitrogens with two attached hydrogens (primary N) is 2. The molecule has 2 aromatic carbocycles. The molecule has 0 saturated heterocycles. The summed E-state index contributed by atoms with van der Waals surface area (Å²) >= 11 is 0. The van der Waals surface area contributed by atoms with E-state index in [0.717, 1.165) is 53.4 Å². The molecule has 0 unspecified atom stereocenters. The van der Waals surface area contributed by atoms with Crippen molar-refractivity contribution in [1.29, 1.82) is 0 Å². The first-order valence-electron chi connectivity index (χ1n) is 8.24. The molecule has 0 atom stereocenters. The van der Waals surface area contributed by atoms with E-state index in [1.165, 1.54) is 0 Å². The highest BCUT2D eigenvalue weighted by molar-refractivity contribution is 6.08. The molecule has 4 N–H and O–H groups in total. The van der Waals surface area contributed by atoms with Crippen molar-refractivity contribution in [3.05, 3.63) is 48.5 Å². The number of benzene rings is 2. The van der Waals surface area contributed by atoms with Crippen LogP contribution in [0.25, 0.3) is 0 Å². The molecule has 4 nitrogen and oxygen atoms in total. The molecule has 4 heteroatoms. The van der Waals surface area contributed by atoms with Crippen LogP contribution in [-0.2, 0) is 0 Å². The van der Waals surface area contributed by atoms with Crippen LogP contribution in [0.3, 0.4) is 0 Å². The normalized spacial score (nSPS) is 20.4. The average Bonchev–Trinajstić information content (AvgIpc) is 2.45. The topological polar surface area (TPSA) is 76.8 Å². The number of rotatable bonds is 2. The first-order chi connectivity index (χ1) is 11.4. The van der Waals surface area contributed by atoms with Crippen molar-refractivity contribution in [3.8, 4) is 0 Å². The zero-order chi connectivity index (χ0) is 17.2. The SMILES string of the molecule is CC1(C)CC(=Nc2cccc(N)c2)CC(=Nc2cccc(N)c2)C1. The Morgan fingerprint density at radius 1 is 0.792 bits per heavy atom. The third kappa shape index (κ3) is 4.22. The van der Waals surface area contributed by atoms with Crippen LogP contribution in [0.4, 0.5) is 22.7 Å². The second-order valence-electron chi connectivity index (χ2n) is 7.24. The third-order valence-corrected chi connectivity index (χ3v) is 4.09. The molecule has 2 aromatic rings. The molecule has 3 rings (SSSR count). The summed E-state index contributed by atoms with van der Waals surface area (Å²) in [6, 6.07) is 15.4. The Morgan fingerprint density at radius 3 is 1.67 bits per heavy atom. The molecule has 0 aromatic heterocycles. The summed E-state index contributed by atoms with van der Waals surface area (Å²) in [5, 5.41) is 0. The molecule has 0 heterocycles. The van der Waals surface area contributed by atoms with Crippen molar-refractivity contribution >= 4 is 34.2 Å². The molecule has 24 heavy (non-hydrogen) atoms. The molecule has 124 valence electrons. The van der Waals surface area contributed by atoms with Gasteiger partial charge in [0.1, 0.15) is 0 Å². The highest BCUT2D eigenvalue weighted by Crippen LogP contribution is 2.35. The van der Waals surface area contributed by atoms with E-state index in [1.807, 2.05) is 48.5 Å². The van der Waals surface area contributed by atoms with Crippen LogP contribution in [0.1, 0.15) is 33.1 Å². The van der Waals surface area contributed by atoms with Crippen molar-refractivity contribution in [1.82, 2.24) is 0 Å². The van der Waals surface area contributed by atoms with Gasteiger partial charge in [0.25, 0.3) is 0 Å². The second kappa shape index (κ2) is 6.48. The summed E-state index contributed by atoms with van der Waals surface area (Å²) in [5.74, 6) is 0. The highest BCUT2D eigenvalue weighted by atomic mass is 14.8. The molecular formula is C20H24N4. The van der Waals surface area contributed by atoms with Crippen molar-refractivity contribution in [2.75, 3.05) is 11.5 Å². The fraction of sp³-hybridized carbons (Fsp3) is 0.300. The average molecular weight is 320 g/mol. The van der Waals surface area contributed by atoms with Gasteiger partial charge in [-0.3, -0.25) is 9.98 Å². The number of hydrogen-bond donors (Lipinski definition) is 2. The van der Waals surface area contributed by atoms with Gasteiger partial charge in [-0.15, -0.1) is 0 Å². The van der Waals surface area contributed by atoms with E-state index in [1.54, 1.807) is 0 Å². The Morgan fingerprint density at radius 2 is 1.25 bits per heavy atom. The Hall–Kier alpha value is -2.62. The molecule has 0 bridgehead atoms. The van der Waals surface area contributed by atoms with Gasteiger partial charge in [-0.2, -0.15) is 0 Å². The summed E-state index contributed by atoms with van der Waals surface area (Å²) in [5.41, 5.74) is 17.5. The summed E-state index contributed by atoms with van der Waals surface area (Å²) in [4.78, 5) is 9.63. The van der Waals surface area contributed by atoms with E-state index in [-0.39, 0.29) is 5.41 Å². The number of aliphatic imine (C=N–C) groups is 2. The van der Waals surface area contributed by atoms with Gasteiger partial charge in [0.2, 0.25) is 0 Å². The molecule has 0 amide bonds. The summed E-state index contributed by atoms with van der Waals surface area (Å²) in [6.45, 7) is 4.52. The minimum atomic E-state index is 0.149. The maximum absolute atomic E-state index is 5.86. The van der Waals surface area contributed by atoms with Crippen LogP contribution < -0.4 is 11.5 Å². The van der Waals surface area contributed by atoms with Gasteiger partial charge in [0.15, 0.2) is 0 Å². The molecular weight excluding hydrogens is 296 g/mol. The van der Waals surface area contributed by atoms with Crippen LogP contribution in [0, 0.1) is 5.41 Å². The number of nitrogen functional groups attached to an aromatic ring is 2. The third-order valence-electron chi connectivity index (χ3n) is 4.09. The van der Waals surface area contributed by atoms with Gasteiger partial charge in [-0.05, 0) is 54.7 Å². The van der Waals surface area contributed by atoms with E-state index < -0.39 is 0 Å².